The quantitative estimate of drug-likeness (QED) is 0.419. The Bertz CT molecular complexity index is 378. The Hall–Kier alpha value is 0.110. The number of hydrogen-bond acceptors (Lipinski definition) is 1. The molecule has 1 aliphatic carbocycles. The molecule has 102 valence electrons. The van der Waals surface area contributed by atoms with Crippen LogP contribution in [-0.4, -0.2) is 14.9 Å². The molecule has 0 spiro atoms. The molecule has 0 aromatic rings. The lowest BCUT2D eigenvalue weighted by molar-refractivity contribution is -0.116. The van der Waals surface area contributed by atoms with Crippen LogP contribution in [0, 0.1) is 5.41 Å². The Morgan fingerprint density at radius 3 is 2.56 bits per heavy atom. The number of hydrogen-bond donors (Lipinski definition) is 0. The third-order valence-corrected chi connectivity index (χ3v) is 6.46. The van der Waals surface area contributed by atoms with Crippen LogP contribution in [0.3, 0.4) is 0 Å². The Morgan fingerprint density at radius 2 is 1.94 bits per heavy atom. The third-order valence-electron chi connectivity index (χ3n) is 3.52. The molecule has 0 bridgehead atoms. The minimum absolute atomic E-state index is 0.0339. The maximum absolute atomic E-state index is 12.3. The van der Waals surface area contributed by atoms with Crippen molar-refractivity contribution >= 4 is 37.6 Å². The van der Waals surface area contributed by atoms with E-state index in [9.17, 15) is 4.79 Å². The molecular weight excluding hydrogens is 356 g/mol. The summed E-state index contributed by atoms with van der Waals surface area (Å²) in [6, 6.07) is 0. The van der Waals surface area contributed by atoms with Gasteiger partial charge in [0.2, 0.25) is 0 Å². The fourth-order valence-electron chi connectivity index (χ4n) is 1.85. The maximum Gasteiger partial charge on any atom is 0.172 e. The number of rotatable bonds is 0. The highest BCUT2D eigenvalue weighted by molar-refractivity contribution is 9.12. The van der Waals surface area contributed by atoms with Gasteiger partial charge in [-0.3, -0.25) is 4.79 Å². The van der Waals surface area contributed by atoms with E-state index in [-0.39, 0.29) is 16.0 Å². The van der Waals surface area contributed by atoms with Gasteiger partial charge in [-0.2, -0.15) is 0 Å². The number of carbonyl (C=O) groups is 1. The Balaban J connectivity index is 3.05. The van der Waals surface area contributed by atoms with Crippen LogP contribution in [-0.2, 0) is 4.79 Å². The monoisotopic (exact) mass is 376 g/mol. The van der Waals surface area contributed by atoms with E-state index in [0.717, 1.165) is 19.3 Å². The van der Waals surface area contributed by atoms with Crippen LogP contribution in [0.2, 0.25) is 0 Å². The first-order valence-electron chi connectivity index (χ1n) is 6.37. The van der Waals surface area contributed by atoms with Gasteiger partial charge in [-0.05, 0) is 44.6 Å². The van der Waals surface area contributed by atoms with Crippen LogP contribution < -0.4 is 0 Å². The average Bonchev–Trinajstić information content (AvgIpc) is 2.30. The fraction of sp³-hybridized carbons (Fsp3) is 0.667. The van der Waals surface area contributed by atoms with E-state index < -0.39 is 4.32 Å². The van der Waals surface area contributed by atoms with E-state index in [0.29, 0.717) is 0 Å². The molecule has 1 nitrogen and oxygen atoms in total. The highest BCUT2D eigenvalue weighted by Crippen LogP contribution is 2.35. The first-order valence-corrected chi connectivity index (χ1v) is 8.08. The summed E-state index contributed by atoms with van der Waals surface area (Å²) in [6.45, 7) is 8.44. The van der Waals surface area contributed by atoms with E-state index >= 15 is 0 Å². The molecule has 0 fully saturated rings. The van der Waals surface area contributed by atoms with Gasteiger partial charge in [0.05, 0.1) is 4.32 Å². The lowest BCUT2D eigenvalue weighted by Gasteiger charge is -2.26. The minimum atomic E-state index is -0.524. The SMILES string of the molecule is C/C1=C\CC(C)(C)/C=C\C(=O)[C@@](C)(Br)[C@H](Br)CC1. The van der Waals surface area contributed by atoms with Gasteiger partial charge < -0.3 is 0 Å². The normalized spacial score (nSPS) is 38.4. The van der Waals surface area contributed by atoms with Crippen molar-refractivity contribution in [1.82, 2.24) is 0 Å². The standard InChI is InChI=1S/C15H22Br2O/c1-11-5-6-12(16)15(4,17)13(18)8-10-14(2,3)9-7-11/h7-8,10,12H,5-6,9H2,1-4H3/b10-8-,11-7+/t12-,15+/m1/s1. The van der Waals surface area contributed by atoms with Crippen LogP contribution in [0.5, 0.6) is 0 Å². The van der Waals surface area contributed by atoms with Crippen molar-refractivity contribution in [3.8, 4) is 0 Å². The van der Waals surface area contributed by atoms with Crippen LogP contribution in [0.1, 0.15) is 47.0 Å². The summed E-state index contributed by atoms with van der Waals surface area (Å²) < 4.78 is -0.524. The van der Waals surface area contributed by atoms with Crippen molar-refractivity contribution < 1.29 is 4.79 Å². The van der Waals surface area contributed by atoms with Gasteiger partial charge in [-0.25, -0.2) is 0 Å². The van der Waals surface area contributed by atoms with E-state index in [2.05, 4.69) is 58.7 Å². The summed E-state index contributed by atoms with van der Waals surface area (Å²) in [5.41, 5.74) is 1.44. The number of halogens is 2. The topological polar surface area (TPSA) is 17.1 Å². The number of ketones is 1. The molecule has 0 aromatic carbocycles. The summed E-state index contributed by atoms with van der Waals surface area (Å²) in [6.07, 6.45) is 9.03. The lowest BCUT2D eigenvalue weighted by Crippen LogP contribution is -2.36. The van der Waals surface area contributed by atoms with E-state index in [1.807, 2.05) is 13.0 Å². The first kappa shape index (κ1) is 16.2. The maximum atomic E-state index is 12.3. The molecule has 0 saturated heterocycles. The predicted octanol–water partition coefficient (Wildman–Crippen LogP) is 5.19. The second kappa shape index (κ2) is 6.04. The molecule has 1 aliphatic rings. The molecule has 0 aliphatic heterocycles. The third kappa shape index (κ3) is 4.34. The van der Waals surface area contributed by atoms with Gasteiger partial charge in [0.25, 0.3) is 0 Å². The van der Waals surface area contributed by atoms with Gasteiger partial charge in [-0.15, -0.1) is 0 Å². The molecule has 1 rings (SSSR count). The van der Waals surface area contributed by atoms with Crippen molar-refractivity contribution in [2.24, 2.45) is 5.41 Å². The highest BCUT2D eigenvalue weighted by Gasteiger charge is 2.35. The molecule has 0 N–H and O–H groups in total. The molecule has 0 amide bonds. The smallest absolute Gasteiger partial charge is 0.172 e. The van der Waals surface area contributed by atoms with Crippen molar-refractivity contribution in [3.63, 3.8) is 0 Å². The molecule has 0 radical (unpaired) electrons. The average molecular weight is 378 g/mol. The fourth-order valence-corrected chi connectivity index (χ4v) is 2.67. The van der Waals surface area contributed by atoms with Crippen molar-refractivity contribution in [3.05, 3.63) is 23.8 Å². The van der Waals surface area contributed by atoms with E-state index in [1.54, 1.807) is 6.08 Å². The van der Waals surface area contributed by atoms with Crippen molar-refractivity contribution in [2.45, 2.75) is 56.1 Å². The zero-order valence-electron chi connectivity index (χ0n) is 11.6. The van der Waals surface area contributed by atoms with Crippen LogP contribution in [0.4, 0.5) is 0 Å². The number of allylic oxidation sites excluding steroid dienone is 4. The Labute approximate surface area is 127 Å². The first-order chi connectivity index (χ1) is 8.15. The molecule has 18 heavy (non-hydrogen) atoms. The number of carbonyl (C=O) groups excluding carboxylic acids is 1. The largest absolute Gasteiger partial charge is 0.293 e. The molecule has 3 heteroatoms. The van der Waals surface area contributed by atoms with Crippen LogP contribution in [0.25, 0.3) is 0 Å². The molecule has 0 saturated carbocycles. The zero-order valence-corrected chi connectivity index (χ0v) is 14.8. The van der Waals surface area contributed by atoms with Gasteiger partial charge in [0.15, 0.2) is 5.78 Å². The second-order valence-corrected chi connectivity index (χ2v) is 8.78. The van der Waals surface area contributed by atoms with Crippen LogP contribution in [0.15, 0.2) is 23.8 Å². The zero-order chi connectivity index (χ0) is 14.0. The highest BCUT2D eigenvalue weighted by atomic mass is 79.9. The van der Waals surface area contributed by atoms with Gasteiger partial charge in [0, 0.05) is 4.83 Å². The van der Waals surface area contributed by atoms with Crippen molar-refractivity contribution in [1.29, 1.82) is 0 Å². The summed E-state index contributed by atoms with van der Waals surface area (Å²) in [4.78, 5) is 12.4. The van der Waals surface area contributed by atoms with Gasteiger partial charge >= 0.3 is 0 Å². The van der Waals surface area contributed by atoms with Gasteiger partial charge in [-0.1, -0.05) is 63.4 Å². The lowest BCUT2D eigenvalue weighted by atomic mass is 9.87. The molecule has 0 aromatic heterocycles. The number of alkyl halides is 2. The molecule has 0 unspecified atom stereocenters. The summed E-state index contributed by atoms with van der Waals surface area (Å²) >= 11 is 7.23. The Kier molecular flexibility index (Phi) is 5.43. The summed E-state index contributed by atoms with van der Waals surface area (Å²) in [5.74, 6) is 0.136. The van der Waals surface area contributed by atoms with E-state index in [4.69, 9.17) is 0 Å². The van der Waals surface area contributed by atoms with Crippen molar-refractivity contribution in [2.75, 3.05) is 0 Å². The summed E-state index contributed by atoms with van der Waals surface area (Å²) in [7, 11) is 0. The minimum Gasteiger partial charge on any atom is -0.293 e. The van der Waals surface area contributed by atoms with Gasteiger partial charge in [0.1, 0.15) is 0 Å². The molecule has 0 heterocycles. The van der Waals surface area contributed by atoms with E-state index in [1.165, 1.54) is 5.57 Å². The summed E-state index contributed by atoms with van der Waals surface area (Å²) in [5, 5.41) is 0. The van der Waals surface area contributed by atoms with Crippen LogP contribution >= 0.6 is 31.9 Å². The Morgan fingerprint density at radius 1 is 1.33 bits per heavy atom. The second-order valence-electron chi connectivity index (χ2n) is 6.02. The molecular formula is C15H22Br2O. The molecule has 2 atom stereocenters. The predicted molar refractivity (Wildman–Crippen MR) is 85.6 cm³/mol.